The molecule has 0 amide bonds. The molecule has 0 radical (unpaired) electrons. The van der Waals surface area contributed by atoms with Gasteiger partial charge in [0.05, 0.1) is 5.56 Å². The first-order valence-electron chi connectivity index (χ1n) is 6.66. The monoisotopic (exact) mass is 313 g/mol. The maximum absolute atomic E-state index is 12.4. The van der Waals surface area contributed by atoms with Gasteiger partial charge in [0, 0.05) is 23.0 Å². The summed E-state index contributed by atoms with van der Waals surface area (Å²) in [7, 11) is 0. The summed E-state index contributed by atoms with van der Waals surface area (Å²) in [4.78, 5) is 27.3. The van der Waals surface area contributed by atoms with Crippen molar-refractivity contribution >= 4 is 28.5 Å². The molecular weight excluding hydrogens is 302 g/mol. The van der Waals surface area contributed by atoms with Gasteiger partial charge in [-0.05, 0) is 29.8 Å². The minimum Gasteiger partial charge on any atom is -0.417 e. The number of H-pyrrole nitrogens is 1. The molecule has 0 aliphatic heterocycles. The van der Waals surface area contributed by atoms with Gasteiger partial charge in [-0.2, -0.15) is 0 Å². The van der Waals surface area contributed by atoms with Crippen LogP contribution in [0.25, 0.3) is 10.9 Å². The van der Waals surface area contributed by atoms with E-state index < -0.39 is 5.97 Å². The lowest BCUT2D eigenvalue weighted by Gasteiger charge is -2.06. The molecule has 110 valence electrons. The number of pyridine rings is 1. The van der Waals surface area contributed by atoms with E-state index in [2.05, 4.69) is 4.98 Å². The Bertz CT molecular complexity index is 887. The van der Waals surface area contributed by atoms with Crippen LogP contribution in [-0.4, -0.2) is 11.0 Å². The highest BCUT2D eigenvalue weighted by atomic mass is 35.5. The number of fused-ring (bicyclic) bond motifs is 1. The van der Waals surface area contributed by atoms with Crippen molar-refractivity contribution in [2.75, 3.05) is 0 Å². The quantitative estimate of drug-likeness (QED) is 0.595. The second-order valence-corrected chi connectivity index (χ2v) is 5.02. The second kappa shape index (κ2) is 6.03. The van der Waals surface area contributed by atoms with Gasteiger partial charge in [-0.3, -0.25) is 4.79 Å². The number of carbonyl (C=O) groups excluding carboxylic acids is 1. The normalized spacial score (nSPS) is 10.6. The van der Waals surface area contributed by atoms with Gasteiger partial charge < -0.3 is 9.72 Å². The number of esters is 1. The average Bonchev–Trinajstić information content (AvgIpc) is 2.57. The maximum atomic E-state index is 12.4. The SMILES string of the molecule is O=C(Oc1c[nH]c2cc(CCl)ccc2c1=O)c1ccccc1. The highest BCUT2D eigenvalue weighted by molar-refractivity contribution is 6.17. The number of hydrogen-bond donors (Lipinski definition) is 1. The van der Waals surface area contributed by atoms with Crippen LogP contribution < -0.4 is 10.2 Å². The summed E-state index contributed by atoms with van der Waals surface area (Å²) in [5.41, 5.74) is 1.61. The molecule has 1 N–H and O–H groups in total. The zero-order chi connectivity index (χ0) is 15.5. The number of nitrogens with one attached hydrogen (secondary N) is 1. The summed E-state index contributed by atoms with van der Waals surface area (Å²) in [6, 6.07) is 13.8. The number of benzene rings is 2. The van der Waals surface area contributed by atoms with E-state index in [1.807, 2.05) is 0 Å². The fourth-order valence-electron chi connectivity index (χ4n) is 2.14. The van der Waals surface area contributed by atoms with E-state index in [4.69, 9.17) is 16.3 Å². The van der Waals surface area contributed by atoms with Crippen LogP contribution in [0.3, 0.4) is 0 Å². The maximum Gasteiger partial charge on any atom is 0.343 e. The molecule has 3 rings (SSSR count). The highest BCUT2D eigenvalue weighted by Gasteiger charge is 2.12. The molecule has 5 heteroatoms. The van der Waals surface area contributed by atoms with Crippen molar-refractivity contribution < 1.29 is 9.53 Å². The van der Waals surface area contributed by atoms with E-state index in [0.29, 0.717) is 22.3 Å². The molecular formula is C17H12ClNO3. The van der Waals surface area contributed by atoms with Crippen molar-refractivity contribution in [2.45, 2.75) is 5.88 Å². The van der Waals surface area contributed by atoms with E-state index >= 15 is 0 Å². The third-order valence-electron chi connectivity index (χ3n) is 3.28. The van der Waals surface area contributed by atoms with Crippen LogP contribution in [0.2, 0.25) is 0 Å². The number of ether oxygens (including phenoxy) is 1. The Kier molecular flexibility index (Phi) is 3.94. The molecule has 0 unspecified atom stereocenters. The standard InChI is InChI=1S/C17H12ClNO3/c18-9-11-6-7-13-14(8-11)19-10-15(16(13)20)22-17(21)12-4-2-1-3-5-12/h1-8,10H,9H2,(H,19,20). The minimum absolute atomic E-state index is 0.0278. The van der Waals surface area contributed by atoms with Crippen LogP contribution in [0, 0.1) is 0 Å². The molecule has 0 saturated carbocycles. The second-order valence-electron chi connectivity index (χ2n) is 4.75. The van der Waals surface area contributed by atoms with Gasteiger partial charge in [-0.15, -0.1) is 11.6 Å². The van der Waals surface area contributed by atoms with Crippen molar-refractivity contribution in [3.63, 3.8) is 0 Å². The fraction of sp³-hybridized carbons (Fsp3) is 0.0588. The average molecular weight is 314 g/mol. The number of aromatic nitrogens is 1. The molecule has 0 saturated heterocycles. The first-order chi connectivity index (χ1) is 10.7. The lowest BCUT2D eigenvalue weighted by Crippen LogP contribution is -2.15. The number of alkyl halides is 1. The van der Waals surface area contributed by atoms with Crippen LogP contribution >= 0.6 is 11.6 Å². The first-order valence-corrected chi connectivity index (χ1v) is 7.20. The zero-order valence-electron chi connectivity index (χ0n) is 11.5. The molecule has 0 aliphatic carbocycles. The summed E-state index contributed by atoms with van der Waals surface area (Å²) < 4.78 is 5.19. The van der Waals surface area contributed by atoms with Crippen LogP contribution in [0.5, 0.6) is 5.75 Å². The lowest BCUT2D eigenvalue weighted by atomic mass is 10.1. The fourth-order valence-corrected chi connectivity index (χ4v) is 2.31. The number of carbonyl (C=O) groups is 1. The van der Waals surface area contributed by atoms with Gasteiger partial charge in [0.2, 0.25) is 5.43 Å². The molecule has 1 aromatic heterocycles. The van der Waals surface area contributed by atoms with Crippen molar-refractivity contribution in [1.82, 2.24) is 4.98 Å². The van der Waals surface area contributed by atoms with E-state index in [1.54, 1.807) is 48.5 Å². The van der Waals surface area contributed by atoms with Crippen molar-refractivity contribution in [1.29, 1.82) is 0 Å². The molecule has 2 aromatic carbocycles. The highest BCUT2D eigenvalue weighted by Crippen LogP contribution is 2.16. The number of rotatable bonds is 3. The molecule has 0 aliphatic rings. The Hall–Kier alpha value is -2.59. The van der Waals surface area contributed by atoms with Gasteiger partial charge in [-0.25, -0.2) is 4.79 Å². The van der Waals surface area contributed by atoms with Gasteiger partial charge in [0.15, 0.2) is 5.75 Å². The number of halogens is 1. The molecule has 0 fully saturated rings. The Morgan fingerprint density at radius 3 is 2.64 bits per heavy atom. The Morgan fingerprint density at radius 2 is 1.91 bits per heavy atom. The van der Waals surface area contributed by atoms with Crippen LogP contribution in [0.1, 0.15) is 15.9 Å². The summed E-state index contributed by atoms with van der Waals surface area (Å²) in [5.74, 6) is -0.231. The van der Waals surface area contributed by atoms with Crippen molar-refractivity contribution in [2.24, 2.45) is 0 Å². The van der Waals surface area contributed by atoms with E-state index in [9.17, 15) is 9.59 Å². The minimum atomic E-state index is -0.567. The van der Waals surface area contributed by atoms with Gasteiger partial charge in [0.1, 0.15) is 0 Å². The predicted octanol–water partition coefficient (Wildman–Crippen LogP) is 3.49. The van der Waals surface area contributed by atoms with Crippen molar-refractivity contribution in [3.05, 3.63) is 76.1 Å². The number of hydrogen-bond acceptors (Lipinski definition) is 3. The summed E-state index contributed by atoms with van der Waals surface area (Å²) in [6.45, 7) is 0. The van der Waals surface area contributed by atoms with E-state index in [1.165, 1.54) is 6.20 Å². The third kappa shape index (κ3) is 2.73. The lowest BCUT2D eigenvalue weighted by molar-refractivity contribution is 0.0733. The molecule has 1 heterocycles. The van der Waals surface area contributed by atoms with Gasteiger partial charge >= 0.3 is 5.97 Å². The summed E-state index contributed by atoms with van der Waals surface area (Å²) >= 11 is 5.77. The zero-order valence-corrected chi connectivity index (χ0v) is 12.3. The Morgan fingerprint density at radius 1 is 1.14 bits per heavy atom. The third-order valence-corrected chi connectivity index (χ3v) is 3.59. The first kappa shape index (κ1) is 14.4. The predicted molar refractivity (Wildman–Crippen MR) is 85.5 cm³/mol. The summed E-state index contributed by atoms with van der Waals surface area (Å²) in [6.07, 6.45) is 1.39. The number of aromatic amines is 1. The smallest absolute Gasteiger partial charge is 0.343 e. The molecule has 3 aromatic rings. The molecule has 4 nitrogen and oxygen atoms in total. The largest absolute Gasteiger partial charge is 0.417 e. The van der Waals surface area contributed by atoms with E-state index in [-0.39, 0.29) is 11.2 Å². The van der Waals surface area contributed by atoms with E-state index in [0.717, 1.165) is 5.56 Å². The molecule has 0 spiro atoms. The topological polar surface area (TPSA) is 59.2 Å². The van der Waals surface area contributed by atoms with Crippen LogP contribution in [0.4, 0.5) is 0 Å². The van der Waals surface area contributed by atoms with Gasteiger partial charge in [-0.1, -0.05) is 24.3 Å². The molecule has 0 atom stereocenters. The Labute approximate surface area is 131 Å². The molecule has 22 heavy (non-hydrogen) atoms. The van der Waals surface area contributed by atoms with Crippen molar-refractivity contribution in [3.8, 4) is 5.75 Å². The molecule has 0 bridgehead atoms. The van der Waals surface area contributed by atoms with Gasteiger partial charge in [0.25, 0.3) is 0 Å². The van der Waals surface area contributed by atoms with Crippen LogP contribution in [0.15, 0.2) is 59.5 Å². The Balaban J connectivity index is 1.97. The van der Waals surface area contributed by atoms with Crippen LogP contribution in [-0.2, 0) is 5.88 Å². The summed E-state index contributed by atoms with van der Waals surface area (Å²) in [5, 5.41) is 0.451.